The summed E-state index contributed by atoms with van der Waals surface area (Å²) in [6.07, 6.45) is 4.53. The molecule has 1 saturated heterocycles. The molecule has 0 aromatic rings. The number of carbonyl (C=O) groups is 2. The van der Waals surface area contributed by atoms with Gasteiger partial charge in [-0.2, -0.15) is 5.48 Å². The van der Waals surface area contributed by atoms with Crippen LogP contribution in [0.4, 0.5) is 0 Å². The molecule has 0 aromatic carbocycles. The van der Waals surface area contributed by atoms with Crippen LogP contribution in [0.3, 0.4) is 0 Å². The minimum absolute atomic E-state index is 0.225. The summed E-state index contributed by atoms with van der Waals surface area (Å²) in [5, 5.41) is 0. The molecule has 1 unspecified atom stereocenters. The van der Waals surface area contributed by atoms with E-state index in [9.17, 15) is 9.59 Å². The Hall–Kier alpha value is -1.58. The van der Waals surface area contributed by atoms with Crippen molar-refractivity contribution in [1.82, 2.24) is 5.48 Å². The summed E-state index contributed by atoms with van der Waals surface area (Å²) in [5.41, 5.74) is 2.12. The lowest BCUT2D eigenvalue weighted by Gasteiger charge is -2.03. The van der Waals surface area contributed by atoms with Crippen molar-refractivity contribution in [2.45, 2.75) is 0 Å². The average Bonchev–Trinajstić information content (AvgIpc) is 2.34. The number of fused-ring (bicyclic) bond motifs is 1. The van der Waals surface area contributed by atoms with E-state index in [1.807, 2.05) is 0 Å². The van der Waals surface area contributed by atoms with E-state index in [0.29, 0.717) is 5.76 Å². The first-order chi connectivity index (χ1) is 5.29. The molecule has 1 amide bonds. The van der Waals surface area contributed by atoms with Crippen molar-refractivity contribution in [3.05, 3.63) is 24.0 Å². The normalized spacial score (nSPS) is 27.3. The molecule has 1 heterocycles. The van der Waals surface area contributed by atoms with Crippen molar-refractivity contribution in [1.29, 1.82) is 0 Å². The lowest BCUT2D eigenvalue weighted by atomic mass is 9.98. The molecule has 0 saturated carbocycles. The van der Waals surface area contributed by atoms with Gasteiger partial charge in [-0.25, -0.2) is 0 Å². The second-order valence-electron chi connectivity index (χ2n) is 2.33. The predicted octanol–water partition coefficient (Wildman–Crippen LogP) is -0.313. The highest BCUT2D eigenvalue weighted by atomic mass is 16.7. The van der Waals surface area contributed by atoms with Gasteiger partial charge in [-0.3, -0.25) is 9.59 Å². The summed E-state index contributed by atoms with van der Waals surface area (Å²) in [6.45, 7) is 0. The van der Waals surface area contributed by atoms with Crippen molar-refractivity contribution in [2.75, 3.05) is 0 Å². The SMILES string of the molecule is O=C1C=CC=C2ONC(=O)C12. The van der Waals surface area contributed by atoms with Gasteiger partial charge in [0.1, 0.15) is 0 Å². The molecule has 0 spiro atoms. The smallest absolute Gasteiger partial charge is 0.271 e. The van der Waals surface area contributed by atoms with E-state index in [4.69, 9.17) is 4.84 Å². The van der Waals surface area contributed by atoms with Crippen molar-refractivity contribution in [3.8, 4) is 0 Å². The lowest BCUT2D eigenvalue weighted by molar-refractivity contribution is -0.130. The van der Waals surface area contributed by atoms with Crippen LogP contribution in [0.1, 0.15) is 0 Å². The summed E-state index contributed by atoms with van der Waals surface area (Å²) in [5.74, 6) is -0.953. The predicted molar refractivity (Wildman–Crippen MR) is 34.9 cm³/mol. The molecule has 1 fully saturated rings. The molecule has 0 aromatic heterocycles. The Bertz CT molecular complexity index is 290. The maximum atomic E-state index is 11.0. The van der Waals surface area contributed by atoms with Crippen molar-refractivity contribution >= 4 is 11.7 Å². The van der Waals surface area contributed by atoms with Crippen LogP contribution in [0, 0.1) is 5.92 Å². The lowest BCUT2D eigenvalue weighted by Crippen LogP contribution is -2.24. The maximum absolute atomic E-state index is 11.0. The average molecular weight is 151 g/mol. The Morgan fingerprint density at radius 1 is 1.45 bits per heavy atom. The molecule has 1 aliphatic carbocycles. The molecule has 2 rings (SSSR count). The van der Waals surface area contributed by atoms with E-state index in [-0.39, 0.29) is 11.7 Å². The number of hydrogen-bond donors (Lipinski definition) is 1. The highest BCUT2D eigenvalue weighted by Crippen LogP contribution is 2.22. The Kier molecular flexibility index (Phi) is 1.09. The largest absolute Gasteiger partial charge is 0.383 e. The van der Waals surface area contributed by atoms with E-state index in [1.165, 1.54) is 6.08 Å². The van der Waals surface area contributed by atoms with E-state index >= 15 is 0 Å². The second kappa shape index (κ2) is 1.95. The molecule has 0 bridgehead atoms. The number of ketones is 1. The van der Waals surface area contributed by atoms with Gasteiger partial charge in [0.05, 0.1) is 0 Å². The van der Waals surface area contributed by atoms with Gasteiger partial charge in [-0.1, -0.05) is 6.08 Å². The van der Waals surface area contributed by atoms with Gasteiger partial charge in [-0.15, -0.1) is 0 Å². The molecular formula is C7H5NO3. The van der Waals surface area contributed by atoms with Gasteiger partial charge in [0.25, 0.3) is 5.91 Å². The molecule has 1 atom stereocenters. The first kappa shape index (κ1) is 6.15. The number of carbonyl (C=O) groups excluding carboxylic acids is 2. The van der Waals surface area contributed by atoms with Crippen molar-refractivity contribution in [2.24, 2.45) is 5.92 Å². The summed E-state index contributed by atoms with van der Waals surface area (Å²) in [7, 11) is 0. The summed E-state index contributed by atoms with van der Waals surface area (Å²) in [6, 6.07) is 0. The van der Waals surface area contributed by atoms with E-state index in [0.717, 1.165) is 0 Å². The third kappa shape index (κ3) is 0.756. The molecular weight excluding hydrogens is 146 g/mol. The Labute approximate surface area is 62.5 Å². The molecule has 1 N–H and O–H groups in total. The zero-order valence-corrected chi connectivity index (χ0v) is 5.53. The summed E-state index contributed by atoms with van der Waals surface area (Å²) < 4.78 is 0. The number of allylic oxidation sites excluding steroid dienone is 3. The fraction of sp³-hybridized carbons (Fsp3) is 0.143. The first-order valence-electron chi connectivity index (χ1n) is 3.18. The third-order valence-electron chi connectivity index (χ3n) is 1.62. The van der Waals surface area contributed by atoms with Gasteiger partial charge in [0, 0.05) is 0 Å². The van der Waals surface area contributed by atoms with Crippen LogP contribution in [0.5, 0.6) is 0 Å². The quantitative estimate of drug-likeness (QED) is 0.483. The van der Waals surface area contributed by atoms with Crippen LogP contribution in [0.25, 0.3) is 0 Å². The third-order valence-corrected chi connectivity index (χ3v) is 1.62. The second-order valence-corrected chi connectivity index (χ2v) is 2.33. The topological polar surface area (TPSA) is 55.4 Å². The van der Waals surface area contributed by atoms with Gasteiger partial charge >= 0.3 is 0 Å². The number of hydroxylamine groups is 1. The number of hydrogen-bond acceptors (Lipinski definition) is 3. The molecule has 2 aliphatic rings. The van der Waals surface area contributed by atoms with Gasteiger partial charge < -0.3 is 4.84 Å². The van der Waals surface area contributed by atoms with Crippen LogP contribution < -0.4 is 5.48 Å². The van der Waals surface area contributed by atoms with E-state index in [2.05, 4.69) is 5.48 Å². The fourth-order valence-electron chi connectivity index (χ4n) is 1.09. The maximum Gasteiger partial charge on any atom is 0.271 e. The standard InChI is InChI=1S/C7H5NO3/c9-4-2-1-3-5-6(4)7(10)8-11-5/h1-3,6H,(H,8,10). The molecule has 4 nitrogen and oxygen atoms in total. The highest BCUT2D eigenvalue weighted by Gasteiger charge is 2.37. The zero-order chi connectivity index (χ0) is 7.84. The molecule has 1 aliphatic heterocycles. The van der Waals surface area contributed by atoms with Crippen LogP contribution in [-0.2, 0) is 14.4 Å². The van der Waals surface area contributed by atoms with Gasteiger partial charge in [-0.05, 0) is 12.2 Å². The van der Waals surface area contributed by atoms with Crippen LogP contribution in [0.2, 0.25) is 0 Å². The Morgan fingerprint density at radius 2 is 2.27 bits per heavy atom. The zero-order valence-electron chi connectivity index (χ0n) is 5.53. The summed E-state index contributed by atoms with van der Waals surface area (Å²) >= 11 is 0. The van der Waals surface area contributed by atoms with Crippen LogP contribution >= 0.6 is 0 Å². The Morgan fingerprint density at radius 3 is 3.00 bits per heavy atom. The number of nitrogens with one attached hydrogen (secondary N) is 1. The monoisotopic (exact) mass is 151 g/mol. The first-order valence-corrected chi connectivity index (χ1v) is 3.18. The van der Waals surface area contributed by atoms with E-state index < -0.39 is 5.92 Å². The van der Waals surface area contributed by atoms with Crippen LogP contribution in [-0.4, -0.2) is 11.7 Å². The number of rotatable bonds is 0. The molecule has 0 radical (unpaired) electrons. The van der Waals surface area contributed by atoms with Gasteiger partial charge in [0.2, 0.25) is 0 Å². The molecule has 56 valence electrons. The molecule has 11 heavy (non-hydrogen) atoms. The highest BCUT2D eigenvalue weighted by molar-refractivity contribution is 6.10. The summed E-state index contributed by atoms with van der Waals surface area (Å²) in [4.78, 5) is 26.6. The van der Waals surface area contributed by atoms with E-state index in [1.54, 1.807) is 12.2 Å². The van der Waals surface area contributed by atoms with Crippen molar-refractivity contribution in [3.63, 3.8) is 0 Å². The minimum Gasteiger partial charge on any atom is -0.383 e. The fourth-order valence-corrected chi connectivity index (χ4v) is 1.09. The Balaban J connectivity index is 2.42. The molecule has 4 heteroatoms. The van der Waals surface area contributed by atoms with Gasteiger partial charge in [0.15, 0.2) is 17.5 Å². The van der Waals surface area contributed by atoms with Crippen molar-refractivity contribution < 1.29 is 14.4 Å². The van der Waals surface area contributed by atoms with Crippen LogP contribution in [0.15, 0.2) is 24.0 Å². The number of amides is 1. The minimum atomic E-state index is -0.736.